The van der Waals surface area contributed by atoms with Crippen molar-refractivity contribution in [3.05, 3.63) is 47.2 Å². The fraction of sp³-hybridized carbons (Fsp3) is 0.357. The zero-order valence-corrected chi connectivity index (χ0v) is 25.0. The molecular formula is C28H31ClN6O5S. The first-order valence-corrected chi connectivity index (χ1v) is 14.2. The molecule has 0 saturated heterocycles. The van der Waals surface area contributed by atoms with Gasteiger partial charge in [0, 0.05) is 31.4 Å². The quantitative estimate of drug-likeness (QED) is 0.271. The SMILES string of the molecule is COc1c(Cl)cccc1Nc1c(-c2ccnc3cc(OCCN(C)C(=O)OC(C)(C)C)sc23)nn2c1C(=O)NCC2. The van der Waals surface area contributed by atoms with Crippen LogP contribution in [0.3, 0.4) is 0 Å². The molecule has 0 atom stereocenters. The van der Waals surface area contributed by atoms with Crippen molar-refractivity contribution in [2.75, 3.05) is 39.2 Å². The zero-order valence-electron chi connectivity index (χ0n) is 23.4. The van der Waals surface area contributed by atoms with Crippen molar-refractivity contribution in [3.8, 4) is 22.1 Å². The number of likely N-dealkylation sites (N-methyl/N-ethyl adjacent to an activating group) is 1. The maximum atomic E-state index is 13.0. The van der Waals surface area contributed by atoms with E-state index in [0.29, 0.717) is 58.2 Å². The van der Waals surface area contributed by atoms with Crippen LogP contribution in [0.15, 0.2) is 36.5 Å². The van der Waals surface area contributed by atoms with Gasteiger partial charge in [-0.25, -0.2) is 4.79 Å². The molecule has 0 radical (unpaired) electrons. The maximum absolute atomic E-state index is 13.0. The minimum absolute atomic E-state index is 0.229. The lowest BCUT2D eigenvalue weighted by Crippen LogP contribution is -2.36. The van der Waals surface area contributed by atoms with Gasteiger partial charge in [-0.15, -0.1) is 0 Å². The number of hydrogen-bond donors (Lipinski definition) is 2. The Labute approximate surface area is 246 Å². The molecule has 2 N–H and O–H groups in total. The molecule has 2 amide bonds. The van der Waals surface area contributed by atoms with Gasteiger partial charge >= 0.3 is 6.09 Å². The van der Waals surface area contributed by atoms with E-state index in [4.69, 9.17) is 30.9 Å². The third kappa shape index (κ3) is 6.03. The lowest BCUT2D eigenvalue weighted by molar-refractivity contribution is 0.0279. The number of rotatable bonds is 8. The van der Waals surface area contributed by atoms with Crippen LogP contribution in [0.2, 0.25) is 5.02 Å². The highest BCUT2D eigenvalue weighted by molar-refractivity contribution is 7.21. The van der Waals surface area contributed by atoms with Gasteiger partial charge in [0.2, 0.25) is 0 Å². The summed E-state index contributed by atoms with van der Waals surface area (Å²) in [6.45, 7) is 7.11. The molecule has 3 aromatic heterocycles. The van der Waals surface area contributed by atoms with Crippen LogP contribution >= 0.6 is 22.9 Å². The van der Waals surface area contributed by atoms with Gasteiger partial charge in [0.05, 0.1) is 46.8 Å². The number of methoxy groups -OCH3 is 1. The Balaban J connectivity index is 1.46. The minimum Gasteiger partial charge on any atom is -0.493 e. The first kappa shape index (κ1) is 28.5. The summed E-state index contributed by atoms with van der Waals surface area (Å²) in [6.07, 6.45) is 1.29. The first-order valence-electron chi connectivity index (χ1n) is 13.0. The largest absolute Gasteiger partial charge is 0.493 e. The van der Waals surface area contributed by atoms with Crippen LogP contribution in [0.5, 0.6) is 10.8 Å². The Morgan fingerprint density at radius 3 is 2.85 bits per heavy atom. The number of fused-ring (bicyclic) bond motifs is 2. The number of ether oxygens (including phenoxy) is 3. The van der Waals surface area contributed by atoms with Crippen LogP contribution in [-0.2, 0) is 11.3 Å². The summed E-state index contributed by atoms with van der Waals surface area (Å²) in [7, 11) is 3.21. The van der Waals surface area contributed by atoms with Crippen molar-refractivity contribution >= 4 is 56.5 Å². The van der Waals surface area contributed by atoms with E-state index in [1.165, 1.54) is 16.2 Å². The molecule has 0 fully saturated rings. The van der Waals surface area contributed by atoms with Gasteiger partial charge in [-0.05, 0) is 39.0 Å². The smallest absolute Gasteiger partial charge is 0.410 e. The van der Waals surface area contributed by atoms with Crippen LogP contribution in [0.25, 0.3) is 21.5 Å². The Hall–Kier alpha value is -4.03. The highest BCUT2D eigenvalue weighted by Gasteiger charge is 2.29. The predicted molar refractivity (Wildman–Crippen MR) is 159 cm³/mol. The van der Waals surface area contributed by atoms with E-state index in [2.05, 4.69) is 15.6 Å². The van der Waals surface area contributed by atoms with Gasteiger partial charge < -0.3 is 29.7 Å². The van der Waals surface area contributed by atoms with Crippen molar-refractivity contribution in [2.45, 2.75) is 32.9 Å². The molecule has 0 bridgehead atoms. The van der Waals surface area contributed by atoms with Gasteiger partial charge in [-0.2, -0.15) is 5.10 Å². The van der Waals surface area contributed by atoms with Crippen LogP contribution in [0, 0.1) is 0 Å². The monoisotopic (exact) mass is 598 g/mol. The van der Waals surface area contributed by atoms with Crippen LogP contribution in [0.1, 0.15) is 31.3 Å². The number of thiophene rings is 1. The maximum Gasteiger partial charge on any atom is 0.410 e. The highest BCUT2D eigenvalue weighted by Crippen LogP contribution is 2.43. The second kappa shape index (κ2) is 11.5. The van der Waals surface area contributed by atoms with Crippen molar-refractivity contribution < 1.29 is 23.8 Å². The summed E-state index contributed by atoms with van der Waals surface area (Å²) in [4.78, 5) is 31.2. The zero-order chi connectivity index (χ0) is 29.3. The Morgan fingerprint density at radius 1 is 1.29 bits per heavy atom. The Bertz CT molecular complexity index is 1610. The van der Waals surface area contributed by atoms with E-state index in [-0.39, 0.29) is 12.5 Å². The fourth-order valence-electron chi connectivity index (χ4n) is 4.36. The molecule has 216 valence electrons. The lowest BCUT2D eigenvalue weighted by Gasteiger charge is -2.24. The van der Waals surface area contributed by atoms with Crippen LogP contribution < -0.4 is 20.1 Å². The molecule has 13 heteroatoms. The minimum atomic E-state index is -0.571. The summed E-state index contributed by atoms with van der Waals surface area (Å²) in [5.41, 5.74) is 3.08. The molecule has 1 aliphatic heterocycles. The summed E-state index contributed by atoms with van der Waals surface area (Å²) in [5, 5.41) is 12.2. The summed E-state index contributed by atoms with van der Waals surface area (Å²) in [6, 6.07) is 9.08. The van der Waals surface area contributed by atoms with E-state index in [9.17, 15) is 9.59 Å². The highest BCUT2D eigenvalue weighted by atomic mass is 35.5. The molecule has 1 aromatic carbocycles. The molecule has 0 aliphatic carbocycles. The van der Waals surface area contributed by atoms with Crippen LogP contribution in [-0.4, -0.2) is 71.1 Å². The van der Waals surface area contributed by atoms with Crippen molar-refractivity contribution in [1.29, 1.82) is 0 Å². The number of carbonyl (C=O) groups is 2. The number of benzene rings is 1. The van der Waals surface area contributed by atoms with Crippen molar-refractivity contribution in [2.24, 2.45) is 0 Å². The Kier molecular flexibility index (Phi) is 7.96. The third-order valence-corrected chi connectivity index (χ3v) is 7.60. The topological polar surface area (TPSA) is 120 Å². The summed E-state index contributed by atoms with van der Waals surface area (Å²) < 4.78 is 19.5. The molecule has 0 spiro atoms. The van der Waals surface area contributed by atoms with Gasteiger partial charge in [0.25, 0.3) is 5.91 Å². The molecule has 0 saturated carbocycles. The lowest BCUT2D eigenvalue weighted by atomic mass is 10.1. The normalized spacial score (nSPS) is 13.0. The average molecular weight is 599 g/mol. The number of halogens is 1. The average Bonchev–Trinajstić information content (AvgIpc) is 3.49. The second-order valence-electron chi connectivity index (χ2n) is 10.4. The molecule has 4 heterocycles. The number of amides is 2. The predicted octanol–water partition coefficient (Wildman–Crippen LogP) is 5.55. The van der Waals surface area contributed by atoms with Crippen molar-refractivity contribution in [3.63, 3.8) is 0 Å². The number of nitrogens with zero attached hydrogens (tertiary/aromatic N) is 4. The number of para-hydroxylation sites is 1. The molecule has 4 aromatic rings. The third-order valence-electron chi connectivity index (χ3n) is 6.23. The molecule has 41 heavy (non-hydrogen) atoms. The first-order chi connectivity index (χ1) is 19.6. The number of anilines is 2. The number of nitrogens with one attached hydrogen (secondary N) is 2. The molecular weight excluding hydrogens is 568 g/mol. The van der Waals surface area contributed by atoms with Gasteiger partial charge in [0.1, 0.15) is 23.6 Å². The molecule has 0 unspecified atom stereocenters. The van der Waals surface area contributed by atoms with Gasteiger partial charge in [-0.1, -0.05) is 29.0 Å². The molecule has 5 rings (SSSR count). The number of carbonyl (C=O) groups excluding carboxylic acids is 2. The second-order valence-corrected chi connectivity index (χ2v) is 11.8. The van der Waals surface area contributed by atoms with E-state index >= 15 is 0 Å². The summed E-state index contributed by atoms with van der Waals surface area (Å²) in [5.74, 6) is 0.229. The van der Waals surface area contributed by atoms with E-state index in [0.717, 1.165) is 15.8 Å². The van der Waals surface area contributed by atoms with Crippen molar-refractivity contribution in [1.82, 2.24) is 25.0 Å². The molecule has 1 aliphatic rings. The molecule has 11 nitrogen and oxygen atoms in total. The number of aromatic nitrogens is 3. The van der Waals surface area contributed by atoms with Gasteiger partial charge in [0.15, 0.2) is 10.8 Å². The Morgan fingerprint density at radius 2 is 2.10 bits per heavy atom. The van der Waals surface area contributed by atoms with Gasteiger partial charge in [-0.3, -0.25) is 14.5 Å². The standard InChI is InChI=1S/C28H31ClN6O5S/c1-28(2,3)40-27(37)34(4)13-14-39-20-15-19-25(41-20)16(9-10-30-19)21-22(23-26(36)31-11-12-35(23)33-21)32-18-8-6-7-17(29)24(18)38-5/h6-10,15,32H,11-14H2,1-5H3,(H,31,36). The van der Waals surface area contributed by atoms with E-state index in [1.54, 1.807) is 37.2 Å². The van der Waals surface area contributed by atoms with Crippen LogP contribution in [0.4, 0.5) is 16.2 Å². The van der Waals surface area contributed by atoms with E-state index < -0.39 is 11.7 Å². The number of hydrogen-bond acceptors (Lipinski definition) is 9. The fourth-order valence-corrected chi connectivity index (χ4v) is 5.61. The van der Waals surface area contributed by atoms with E-state index in [1.807, 2.05) is 39.0 Å². The number of pyridine rings is 1. The summed E-state index contributed by atoms with van der Waals surface area (Å²) >= 11 is 7.79.